The van der Waals surface area contributed by atoms with Gasteiger partial charge < -0.3 is 15.0 Å². The number of aromatic amines is 1. The molecule has 2 N–H and O–H groups in total. The van der Waals surface area contributed by atoms with Crippen LogP contribution in [0.1, 0.15) is 23.2 Å². The number of rotatable bonds is 5. The molecule has 5 rings (SSSR count). The number of H-pyrrole nitrogens is 1. The third-order valence-corrected chi connectivity index (χ3v) is 7.01. The van der Waals surface area contributed by atoms with Crippen LogP contribution in [-0.2, 0) is 29.0 Å². The van der Waals surface area contributed by atoms with Crippen molar-refractivity contribution < 1.29 is 23.1 Å². The molecular formula is C26H28F2N6O3. The lowest BCUT2D eigenvalue weighted by molar-refractivity contribution is -0.147. The topological polar surface area (TPSA) is 103 Å². The molecule has 3 aromatic rings. The third-order valence-electron chi connectivity index (χ3n) is 7.01. The number of likely N-dealkylation sites (tertiary alicyclic amines) is 1. The van der Waals surface area contributed by atoms with Gasteiger partial charge in [0.25, 0.3) is 0 Å². The Bertz CT molecular complexity index is 1260. The molecule has 2 aromatic heterocycles. The lowest BCUT2D eigenvalue weighted by atomic mass is 9.93. The van der Waals surface area contributed by atoms with Gasteiger partial charge in [-0.05, 0) is 30.7 Å². The quantitative estimate of drug-likeness (QED) is 0.512. The predicted molar refractivity (Wildman–Crippen MR) is 130 cm³/mol. The summed E-state index contributed by atoms with van der Waals surface area (Å²) < 4.78 is 33.5. The molecule has 2 aliphatic rings. The number of hydrogen-bond acceptors (Lipinski definition) is 6. The molecule has 37 heavy (non-hydrogen) atoms. The van der Waals surface area contributed by atoms with Gasteiger partial charge in [0.2, 0.25) is 0 Å². The number of hydrogen-bond donors (Lipinski definition) is 2. The number of methoxy groups -OCH3 is 1. The van der Waals surface area contributed by atoms with Gasteiger partial charge in [-0.2, -0.15) is 5.10 Å². The van der Waals surface area contributed by atoms with Gasteiger partial charge in [0.05, 0.1) is 25.3 Å². The molecule has 1 saturated heterocycles. The third kappa shape index (κ3) is 5.31. The lowest BCUT2D eigenvalue weighted by Crippen LogP contribution is -2.55. The molecule has 0 spiro atoms. The van der Waals surface area contributed by atoms with Crippen molar-refractivity contribution in [1.29, 1.82) is 0 Å². The molecule has 0 radical (unpaired) electrons. The van der Waals surface area contributed by atoms with E-state index in [0.717, 1.165) is 22.5 Å². The minimum Gasteiger partial charge on any atom is -0.469 e. The summed E-state index contributed by atoms with van der Waals surface area (Å²) in [4.78, 5) is 33.2. The van der Waals surface area contributed by atoms with E-state index in [1.165, 1.54) is 25.3 Å². The number of nitrogens with zero attached hydrogens (tertiary/aromatic N) is 4. The SMILES string of the molecule is COC(=O)C1CC(NC(=O)N2CCc3[nH]nc(-c4ccncc4)c3C2)CN(Cc2c(F)cccc2F)C1. The van der Waals surface area contributed by atoms with E-state index < -0.39 is 29.6 Å². The molecule has 4 heterocycles. The molecule has 1 aromatic carbocycles. The van der Waals surface area contributed by atoms with Gasteiger partial charge in [-0.25, -0.2) is 13.6 Å². The van der Waals surface area contributed by atoms with E-state index in [0.29, 0.717) is 32.5 Å². The normalized spacial score (nSPS) is 19.8. The summed E-state index contributed by atoms with van der Waals surface area (Å²) in [5.41, 5.74) is 3.60. The Balaban J connectivity index is 1.29. The smallest absolute Gasteiger partial charge is 0.317 e. The number of amides is 2. The average Bonchev–Trinajstić information content (AvgIpc) is 3.34. The zero-order valence-electron chi connectivity index (χ0n) is 20.4. The zero-order valence-corrected chi connectivity index (χ0v) is 20.4. The molecule has 2 unspecified atom stereocenters. The van der Waals surface area contributed by atoms with Crippen LogP contribution in [-0.4, -0.2) is 69.8 Å². The molecule has 9 nitrogen and oxygen atoms in total. The molecule has 2 amide bonds. The van der Waals surface area contributed by atoms with Crippen LogP contribution in [0.5, 0.6) is 0 Å². The maximum atomic E-state index is 14.3. The second-order valence-electron chi connectivity index (χ2n) is 9.43. The van der Waals surface area contributed by atoms with E-state index in [1.54, 1.807) is 22.2 Å². The second-order valence-corrected chi connectivity index (χ2v) is 9.43. The fraction of sp³-hybridized carbons (Fsp3) is 0.385. The molecule has 0 bridgehead atoms. The van der Waals surface area contributed by atoms with Crippen LogP contribution in [0.25, 0.3) is 11.3 Å². The summed E-state index contributed by atoms with van der Waals surface area (Å²) in [5, 5.41) is 10.6. The van der Waals surface area contributed by atoms with Crippen LogP contribution >= 0.6 is 0 Å². The fourth-order valence-corrected chi connectivity index (χ4v) is 5.15. The summed E-state index contributed by atoms with van der Waals surface area (Å²) >= 11 is 0. The first-order valence-corrected chi connectivity index (χ1v) is 12.2. The molecule has 2 atom stereocenters. The van der Waals surface area contributed by atoms with Crippen molar-refractivity contribution >= 4 is 12.0 Å². The van der Waals surface area contributed by atoms with Crippen LogP contribution in [0.2, 0.25) is 0 Å². The van der Waals surface area contributed by atoms with Crippen molar-refractivity contribution in [3.05, 3.63) is 71.2 Å². The van der Waals surface area contributed by atoms with Crippen LogP contribution < -0.4 is 5.32 Å². The first-order valence-electron chi connectivity index (χ1n) is 12.2. The Labute approximate surface area is 212 Å². The number of piperidine rings is 1. The molecule has 0 aliphatic carbocycles. The molecular weight excluding hydrogens is 482 g/mol. The highest BCUT2D eigenvalue weighted by atomic mass is 19.1. The molecule has 0 saturated carbocycles. The monoisotopic (exact) mass is 510 g/mol. The van der Waals surface area contributed by atoms with E-state index in [4.69, 9.17) is 4.74 Å². The number of pyridine rings is 1. The molecule has 11 heteroatoms. The van der Waals surface area contributed by atoms with Gasteiger partial charge in [0.1, 0.15) is 11.6 Å². The highest BCUT2D eigenvalue weighted by molar-refractivity contribution is 5.76. The Morgan fingerprint density at radius 3 is 2.65 bits per heavy atom. The second kappa shape index (κ2) is 10.6. The number of fused-ring (bicyclic) bond motifs is 1. The van der Waals surface area contributed by atoms with Gasteiger partial charge in [-0.3, -0.25) is 19.8 Å². The zero-order chi connectivity index (χ0) is 25.9. The first kappa shape index (κ1) is 24.8. The standard InChI is InChI=1S/C26H28F2N6O3/c1-37-25(35)17-11-18(13-33(12-17)14-19-21(27)3-2-4-22(19)28)30-26(36)34-10-7-23-20(15-34)24(32-31-23)16-5-8-29-9-6-16/h2-6,8-9,17-18H,7,10-15H2,1H3,(H,30,36)(H,31,32). The van der Waals surface area contributed by atoms with Crippen LogP contribution in [0.3, 0.4) is 0 Å². The van der Waals surface area contributed by atoms with E-state index in [9.17, 15) is 18.4 Å². The van der Waals surface area contributed by atoms with E-state index in [2.05, 4.69) is 20.5 Å². The highest BCUT2D eigenvalue weighted by Crippen LogP contribution is 2.28. The van der Waals surface area contributed by atoms with E-state index >= 15 is 0 Å². The number of carbonyl (C=O) groups excluding carboxylic acids is 2. The Hall–Kier alpha value is -3.86. The van der Waals surface area contributed by atoms with Crippen molar-refractivity contribution in [2.45, 2.75) is 32.0 Å². The molecule has 2 aliphatic heterocycles. The Morgan fingerprint density at radius 2 is 1.92 bits per heavy atom. The Kier molecular flexibility index (Phi) is 7.13. The van der Waals surface area contributed by atoms with Gasteiger partial charge in [-0.15, -0.1) is 0 Å². The fourth-order valence-electron chi connectivity index (χ4n) is 5.15. The lowest BCUT2D eigenvalue weighted by Gasteiger charge is -2.38. The Morgan fingerprint density at radius 1 is 1.16 bits per heavy atom. The molecule has 1 fully saturated rings. The highest BCUT2D eigenvalue weighted by Gasteiger charge is 2.35. The number of benzene rings is 1. The molecule has 194 valence electrons. The predicted octanol–water partition coefficient (Wildman–Crippen LogP) is 2.88. The summed E-state index contributed by atoms with van der Waals surface area (Å²) in [6.07, 6.45) is 4.41. The maximum Gasteiger partial charge on any atom is 0.317 e. The number of aromatic nitrogens is 3. The number of ether oxygens (including phenoxy) is 1. The number of carbonyl (C=O) groups is 2. The van der Waals surface area contributed by atoms with Crippen molar-refractivity contribution in [2.75, 3.05) is 26.7 Å². The van der Waals surface area contributed by atoms with Gasteiger partial charge in [-0.1, -0.05) is 6.07 Å². The summed E-state index contributed by atoms with van der Waals surface area (Å²) in [6, 6.07) is 6.81. The van der Waals surface area contributed by atoms with Crippen LogP contribution in [0.15, 0.2) is 42.7 Å². The maximum absolute atomic E-state index is 14.3. The number of nitrogens with one attached hydrogen (secondary N) is 2. The van der Waals surface area contributed by atoms with Crippen molar-refractivity contribution in [1.82, 2.24) is 30.3 Å². The van der Waals surface area contributed by atoms with E-state index in [-0.39, 0.29) is 24.7 Å². The van der Waals surface area contributed by atoms with Crippen molar-refractivity contribution in [2.24, 2.45) is 5.92 Å². The first-order chi connectivity index (χ1) is 17.9. The van der Waals surface area contributed by atoms with Gasteiger partial charge >= 0.3 is 12.0 Å². The summed E-state index contributed by atoms with van der Waals surface area (Å²) in [7, 11) is 1.31. The average molecular weight is 511 g/mol. The van der Waals surface area contributed by atoms with Gasteiger partial charge in [0, 0.05) is 73.4 Å². The summed E-state index contributed by atoms with van der Waals surface area (Å²) in [6.45, 7) is 1.50. The van der Waals surface area contributed by atoms with Gasteiger partial charge in [0.15, 0.2) is 0 Å². The number of esters is 1. The minimum atomic E-state index is -0.644. The number of urea groups is 1. The van der Waals surface area contributed by atoms with Crippen LogP contribution in [0, 0.1) is 17.6 Å². The largest absolute Gasteiger partial charge is 0.469 e. The van der Waals surface area contributed by atoms with E-state index in [1.807, 2.05) is 12.1 Å². The number of halogens is 2. The summed E-state index contributed by atoms with van der Waals surface area (Å²) in [5.74, 6) is -2.23. The van der Waals surface area contributed by atoms with Crippen molar-refractivity contribution in [3.8, 4) is 11.3 Å². The van der Waals surface area contributed by atoms with Crippen LogP contribution in [0.4, 0.5) is 13.6 Å². The van der Waals surface area contributed by atoms with Crippen molar-refractivity contribution in [3.63, 3.8) is 0 Å². The minimum absolute atomic E-state index is 0.0181.